The van der Waals surface area contributed by atoms with Crippen molar-refractivity contribution in [1.82, 2.24) is 14.7 Å². The molecule has 0 fully saturated rings. The van der Waals surface area contributed by atoms with Gasteiger partial charge in [0, 0.05) is 29.9 Å². The highest BCUT2D eigenvalue weighted by atomic mass is 35.5. The Bertz CT molecular complexity index is 678. The Morgan fingerprint density at radius 1 is 1.35 bits per heavy atom. The van der Waals surface area contributed by atoms with E-state index < -0.39 is 10.0 Å². The Kier molecular flexibility index (Phi) is 4.54. The van der Waals surface area contributed by atoms with Gasteiger partial charge in [-0.05, 0) is 12.1 Å². The molecule has 1 heterocycles. The summed E-state index contributed by atoms with van der Waals surface area (Å²) in [5.41, 5.74) is 6.50. The van der Waals surface area contributed by atoms with Crippen molar-refractivity contribution in [2.45, 2.75) is 11.3 Å². The molecular weight excluding hydrogens is 323 g/mol. The van der Waals surface area contributed by atoms with Crippen LogP contribution in [0.3, 0.4) is 0 Å². The maximum atomic E-state index is 12.2. The first-order valence-electron chi connectivity index (χ1n) is 5.61. The van der Waals surface area contributed by atoms with Crippen LogP contribution < -0.4 is 10.5 Å². The Morgan fingerprint density at radius 3 is 2.70 bits per heavy atom. The third-order valence-electron chi connectivity index (χ3n) is 2.55. The first-order chi connectivity index (χ1) is 9.40. The zero-order valence-electron chi connectivity index (χ0n) is 10.2. The normalized spacial score (nSPS) is 11.7. The fourth-order valence-corrected chi connectivity index (χ4v) is 3.69. The number of aromatic amines is 1. The second-order valence-corrected chi connectivity index (χ2v) is 6.58. The van der Waals surface area contributed by atoms with E-state index in [2.05, 4.69) is 14.7 Å². The first-order valence-corrected chi connectivity index (χ1v) is 7.85. The van der Waals surface area contributed by atoms with E-state index in [1.54, 1.807) is 6.20 Å². The van der Waals surface area contributed by atoms with Crippen LogP contribution >= 0.6 is 23.2 Å². The standard InChI is InChI=1S/C11H12Cl2N4O2S/c12-7-3-9(13)11(10(14)4-7)20(18,19)17-2-1-8-5-15-6-16-8/h3-6,17H,1-2,14H2,(H,15,16). The molecule has 108 valence electrons. The van der Waals surface area contributed by atoms with Gasteiger partial charge in [0.2, 0.25) is 10.0 Å². The molecule has 1 aromatic carbocycles. The fraction of sp³-hybridized carbons (Fsp3) is 0.182. The highest BCUT2D eigenvalue weighted by Gasteiger charge is 2.21. The molecule has 0 saturated heterocycles. The Balaban J connectivity index is 2.14. The number of rotatable bonds is 5. The molecule has 0 aliphatic rings. The van der Waals surface area contributed by atoms with E-state index in [4.69, 9.17) is 28.9 Å². The van der Waals surface area contributed by atoms with Crippen LogP contribution in [0, 0.1) is 0 Å². The highest BCUT2D eigenvalue weighted by Crippen LogP contribution is 2.30. The Hall–Kier alpha value is -1.28. The fourth-order valence-electron chi connectivity index (χ4n) is 1.68. The summed E-state index contributed by atoms with van der Waals surface area (Å²) in [6.07, 6.45) is 3.63. The van der Waals surface area contributed by atoms with Gasteiger partial charge in [0.25, 0.3) is 0 Å². The molecule has 2 rings (SSSR count). The molecule has 2 aromatic rings. The van der Waals surface area contributed by atoms with Crippen LogP contribution in [0.5, 0.6) is 0 Å². The van der Waals surface area contributed by atoms with Gasteiger partial charge in [-0.1, -0.05) is 23.2 Å². The molecule has 0 aliphatic carbocycles. The molecule has 0 saturated carbocycles. The second kappa shape index (κ2) is 6.01. The summed E-state index contributed by atoms with van der Waals surface area (Å²) < 4.78 is 26.8. The van der Waals surface area contributed by atoms with Gasteiger partial charge in [0.05, 0.1) is 17.0 Å². The van der Waals surface area contributed by atoms with E-state index >= 15 is 0 Å². The van der Waals surface area contributed by atoms with E-state index in [1.165, 1.54) is 18.5 Å². The van der Waals surface area contributed by atoms with Gasteiger partial charge in [-0.2, -0.15) is 0 Å². The number of nitrogens with one attached hydrogen (secondary N) is 2. The molecule has 0 radical (unpaired) electrons. The molecule has 0 aliphatic heterocycles. The molecule has 9 heteroatoms. The van der Waals surface area contributed by atoms with E-state index in [0.29, 0.717) is 6.42 Å². The lowest BCUT2D eigenvalue weighted by molar-refractivity contribution is 0.582. The molecule has 0 unspecified atom stereocenters. The maximum Gasteiger partial charge on any atom is 0.244 e. The van der Waals surface area contributed by atoms with Crippen molar-refractivity contribution in [2.75, 3.05) is 12.3 Å². The summed E-state index contributed by atoms with van der Waals surface area (Å²) in [5.74, 6) is 0. The lowest BCUT2D eigenvalue weighted by Gasteiger charge is -2.11. The molecule has 20 heavy (non-hydrogen) atoms. The number of nitrogens with two attached hydrogens (primary N) is 1. The van der Waals surface area contributed by atoms with Gasteiger partial charge in [0.1, 0.15) is 4.90 Å². The molecule has 4 N–H and O–H groups in total. The van der Waals surface area contributed by atoms with E-state index in [1.807, 2.05) is 0 Å². The second-order valence-electron chi connectivity index (χ2n) is 4.03. The summed E-state index contributed by atoms with van der Waals surface area (Å²) in [7, 11) is -3.79. The monoisotopic (exact) mass is 334 g/mol. The molecule has 1 aromatic heterocycles. The van der Waals surface area contributed by atoms with Gasteiger partial charge in [-0.15, -0.1) is 0 Å². The van der Waals surface area contributed by atoms with Crippen LogP contribution in [0.4, 0.5) is 5.69 Å². The van der Waals surface area contributed by atoms with Gasteiger partial charge < -0.3 is 10.7 Å². The number of hydrogen-bond acceptors (Lipinski definition) is 4. The summed E-state index contributed by atoms with van der Waals surface area (Å²) >= 11 is 11.7. The third-order valence-corrected chi connectivity index (χ3v) is 4.75. The third kappa shape index (κ3) is 3.43. The van der Waals surface area contributed by atoms with Crippen LogP contribution in [0.1, 0.15) is 5.69 Å². The number of aromatic nitrogens is 2. The number of hydrogen-bond donors (Lipinski definition) is 3. The Labute approximate surface area is 126 Å². The minimum atomic E-state index is -3.79. The number of imidazole rings is 1. The van der Waals surface area contributed by atoms with Gasteiger partial charge in [-0.3, -0.25) is 0 Å². The van der Waals surface area contributed by atoms with E-state index in [-0.39, 0.29) is 27.2 Å². The van der Waals surface area contributed by atoms with Crippen molar-refractivity contribution in [2.24, 2.45) is 0 Å². The maximum absolute atomic E-state index is 12.2. The van der Waals surface area contributed by atoms with Crippen molar-refractivity contribution in [3.63, 3.8) is 0 Å². The van der Waals surface area contributed by atoms with Crippen LogP contribution in [0.15, 0.2) is 29.6 Å². The first kappa shape index (κ1) is 15.1. The number of sulfonamides is 1. The summed E-state index contributed by atoms with van der Waals surface area (Å²) in [4.78, 5) is 6.56. The quantitative estimate of drug-likeness (QED) is 0.726. The van der Waals surface area contributed by atoms with Crippen LogP contribution in [0.25, 0.3) is 0 Å². The number of halogens is 2. The van der Waals surface area contributed by atoms with Crippen molar-refractivity contribution < 1.29 is 8.42 Å². The van der Waals surface area contributed by atoms with Crippen molar-refractivity contribution >= 4 is 38.9 Å². The molecule has 6 nitrogen and oxygen atoms in total. The molecule has 0 amide bonds. The molecule has 0 bridgehead atoms. The van der Waals surface area contributed by atoms with Crippen molar-refractivity contribution in [1.29, 1.82) is 0 Å². The van der Waals surface area contributed by atoms with E-state index in [9.17, 15) is 8.42 Å². The number of H-pyrrole nitrogens is 1. The smallest absolute Gasteiger partial charge is 0.244 e. The lowest BCUT2D eigenvalue weighted by atomic mass is 10.3. The summed E-state index contributed by atoms with van der Waals surface area (Å²) in [5, 5.41) is 0.271. The average molecular weight is 335 g/mol. The van der Waals surface area contributed by atoms with Crippen molar-refractivity contribution in [3.8, 4) is 0 Å². The Morgan fingerprint density at radius 2 is 2.10 bits per heavy atom. The predicted molar refractivity (Wildman–Crippen MR) is 78.4 cm³/mol. The van der Waals surface area contributed by atoms with Crippen LogP contribution in [-0.4, -0.2) is 24.9 Å². The van der Waals surface area contributed by atoms with Gasteiger partial charge >= 0.3 is 0 Å². The molecule has 0 atom stereocenters. The lowest BCUT2D eigenvalue weighted by Crippen LogP contribution is -2.27. The number of benzene rings is 1. The molecular formula is C11H12Cl2N4O2S. The minimum Gasteiger partial charge on any atom is -0.398 e. The number of nitrogens with zero attached hydrogens (tertiary/aromatic N) is 1. The minimum absolute atomic E-state index is 0.0101. The van der Waals surface area contributed by atoms with E-state index in [0.717, 1.165) is 5.69 Å². The van der Waals surface area contributed by atoms with Crippen molar-refractivity contribution in [3.05, 3.63) is 40.4 Å². The highest BCUT2D eigenvalue weighted by molar-refractivity contribution is 7.89. The zero-order chi connectivity index (χ0) is 14.8. The largest absolute Gasteiger partial charge is 0.398 e. The number of nitrogen functional groups attached to an aromatic ring is 1. The van der Waals surface area contributed by atoms with Crippen LogP contribution in [0.2, 0.25) is 10.0 Å². The van der Waals surface area contributed by atoms with Gasteiger partial charge in [0.15, 0.2) is 0 Å². The van der Waals surface area contributed by atoms with Crippen LogP contribution in [-0.2, 0) is 16.4 Å². The summed E-state index contributed by atoms with van der Waals surface area (Å²) in [6.45, 7) is 0.197. The van der Waals surface area contributed by atoms with Gasteiger partial charge in [-0.25, -0.2) is 18.1 Å². The average Bonchev–Trinajstić information content (AvgIpc) is 2.79. The molecule has 0 spiro atoms. The SMILES string of the molecule is Nc1cc(Cl)cc(Cl)c1S(=O)(=O)NCCc1cnc[nH]1. The predicted octanol–water partition coefficient (Wildman–Crippen LogP) is 1.82. The summed E-state index contributed by atoms with van der Waals surface area (Å²) in [6, 6.07) is 2.68. The topological polar surface area (TPSA) is 101 Å². The number of anilines is 1. The zero-order valence-corrected chi connectivity index (χ0v) is 12.6.